The number of carbonyl (C=O) groups is 1. The molecule has 1 amide bonds. The van der Waals surface area contributed by atoms with Crippen LogP contribution in [0.4, 0.5) is 5.69 Å². The van der Waals surface area contributed by atoms with Crippen LogP contribution in [0.2, 0.25) is 0 Å². The van der Waals surface area contributed by atoms with Gasteiger partial charge in [-0.3, -0.25) is 4.79 Å². The number of carbonyl (C=O) groups excluding carboxylic acids is 1. The molecule has 0 aliphatic rings. The van der Waals surface area contributed by atoms with Crippen LogP contribution in [-0.4, -0.2) is 12.0 Å². The number of aryl methyl sites for hydroxylation is 2. The fourth-order valence-corrected chi connectivity index (χ4v) is 2.41. The highest BCUT2D eigenvalue weighted by Gasteiger charge is 2.18. The van der Waals surface area contributed by atoms with E-state index < -0.39 is 6.10 Å². The smallest absolute Gasteiger partial charge is 0.265 e. The zero-order valence-electron chi connectivity index (χ0n) is 14.5. The highest BCUT2D eigenvalue weighted by molar-refractivity contribution is 5.94. The first-order valence-corrected chi connectivity index (χ1v) is 8.02. The van der Waals surface area contributed by atoms with Gasteiger partial charge >= 0.3 is 0 Å². The SMILES string of the molecule is Cc1ccc(C)c(NC(=O)C(C)Oc2ccccc2C(C)C)c1. The lowest BCUT2D eigenvalue weighted by atomic mass is 10.0. The van der Waals surface area contributed by atoms with Gasteiger partial charge < -0.3 is 10.1 Å². The van der Waals surface area contributed by atoms with E-state index >= 15 is 0 Å². The summed E-state index contributed by atoms with van der Waals surface area (Å²) < 4.78 is 5.90. The molecule has 3 heteroatoms. The van der Waals surface area contributed by atoms with Gasteiger partial charge in [0, 0.05) is 5.69 Å². The van der Waals surface area contributed by atoms with Gasteiger partial charge in [-0.2, -0.15) is 0 Å². The monoisotopic (exact) mass is 311 g/mol. The Kier molecular flexibility index (Phi) is 5.43. The van der Waals surface area contributed by atoms with Crippen molar-refractivity contribution in [3.05, 3.63) is 59.2 Å². The molecule has 1 N–H and O–H groups in total. The van der Waals surface area contributed by atoms with E-state index in [1.165, 1.54) is 0 Å². The summed E-state index contributed by atoms with van der Waals surface area (Å²) in [5.74, 6) is 0.976. The van der Waals surface area contributed by atoms with Crippen molar-refractivity contribution in [3.63, 3.8) is 0 Å². The first-order valence-electron chi connectivity index (χ1n) is 8.02. The van der Waals surface area contributed by atoms with E-state index in [2.05, 4.69) is 19.2 Å². The Morgan fingerprint density at radius 2 is 1.74 bits per heavy atom. The Morgan fingerprint density at radius 1 is 1.04 bits per heavy atom. The van der Waals surface area contributed by atoms with Gasteiger partial charge in [0.1, 0.15) is 5.75 Å². The van der Waals surface area contributed by atoms with Crippen LogP contribution in [0.25, 0.3) is 0 Å². The molecule has 0 aliphatic heterocycles. The second kappa shape index (κ2) is 7.32. The van der Waals surface area contributed by atoms with Crippen molar-refractivity contribution in [2.24, 2.45) is 0 Å². The minimum absolute atomic E-state index is 0.141. The highest BCUT2D eigenvalue weighted by Crippen LogP contribution is 2.27. The highest BCUT2D eigenvalue weighted by atomic mass is 16.5. The van der Waals surface area contributed by atoms with Gasteiger partial charge in [0.2, 0.25) is 0 Å². The minimum atomic E-state index is -0.560. The van der Waals surface area contributed by atoms with Crippen molar-refractivity contribution >= 4 is 11.6 Å². The molecule has 0 bridgehead atoms. The molecule has 1 unspecified atom stereocenters. The first kappa shape index (κ1) is 17.1. The molecule has 0 saturated carbocycles. The molecule has 0 spiro atoms. The maximum absolute atomic E-state index is 12.4. The van der Waals surface area contributed by atoms with Crippen LogP contribution >= 0.6 is 0 Å². The van der Waals surface area contributed by atoms with E-state index in [-0.39, 0.29) is 5.91 Å². The van der Waals surface area contributed by atoms with Gasteiger partial charge in [-0.05, 0) is 55.5 Å². The van der Waals surface area contributed by atoms with Crippen LogP contribution in [0.3, 0.4) is 0 Å². The summed E-state index contributed by atoms with van der Waals surface area (Å²) in [6.07, 6.45) is -0.560. The molecule has 0 fully saturated rings. The Balaban J connectivity index is 2.10. The van der Waals surface area contributed by atoms with E-state index in [0.29, 0.717) is 5.92 Å². The Bertz CT molecular complexity index is 692. The van der Waals surface area contributed by atoms with Crippen LogP contribution in [-0.2, 0) is 4.79 Å². The van der Waals surface area contributed by atoms with Crippen molar-refractivity contribution in [2.45, 2.75) is 46.6 Å². The van der Waals surface area contributed by atoms with E-state index in [0.717, 1.165) is 28.1 Å². The molecule has 1 atom stereocenters. The fraction of sp³-hybridized carbons (Fsp3) is 0.350. The quantitative estimate of drug-likeness (QED) is 0.858. The first-order chi connectivity index (χ1) is 10.9. The lowest BCUT2D eigenvalue weighted by Crippen LogP contribution is -2.30. The van der Waals surface area contributed by atoms with Gasteiger partial charge in [0.15, 0.2) is 6.10 Å². The van der Waals surface area contributed by atoms with Gasteiger partial charge in [0.05, 0.1) is 0 Å². The van der Waals surface area contributed by atoms with Crippen molar-refractivity contribution in [1.29, 1.82) is 0 Å². The number of hydrogen-bond acceptors (Lipinski definition) is 2. The van der Waals surface area contributed by atoms with Crippen molar-refractivity contribution in [1.82, 2.24) is 0 Å². The zero-order chi connectivity index (χ0) is 17.0. The predicted octanol–water partition coefficient (Wildman–Crippen LogP) is 4.83. The molecular formula is C20H25NO2. The third-order valence-electron chi connectivity index (χ3n) is 3.86. The molecule has 0 radical (unpaired) electrons. The van der Waals surface area contributed by atoms with Gasteiger partial charge in [-0.25, -0.2) is 0 Å². The van der Waals surface area contributed by atoms with Gasteiger partial charge in [-0.15, -0.1) is 0 Å². The van der Waals surface area contributed by atoms with Crippen molar-refractivity contribution in [2.75, 3.05) is 5.32 Å². The van der Waals surface area contributed by atoms with Crippen LogP contribution in [0.15, 0.2) is 42.5 Å². The average Bonchev–Trinajstić information content (AvgIpc) is 2.51. The average molecular weight is 311 g/mol. The van der Waals surface area contributed by atoms with Crippen LogP contribution in [0.5, 0.6) is 5.75 Å². The van der Waals surface area contributed by atoms with Crippen LogP contribution in [0.1, 0.15) is 43.4 Å². The molecule has 2 aromatic rings. The summed E-state index contributed by atoms with van der Waals surface area (Å²) >= 11 is 0. The largest absolute Gasteiger partial charge is 0.481 e. The van der Waals surface area contributed by atoms with Crippen LogP contribution < -0.4 is 10.1 Å². The van der Waals surface area contributed by atoms with Crippen LogP contribution in [0, 0.1) is 13.8 Å². The number of amides is 1. The molecule has 2 rings (SSSR count). The number of ether oxygens (including phenoxy) is 1. The summed E-state index contributed by atoms with van der Waals surface area (Å²) in [5, 5.41) is 2.96. The van der Waals surface area contributed by atoms with Gasteiger partial charge in [-0.1, -0.05) is 44.2 Å². The molecule has 0 aliphatic carbocycles. The second-order valence-corrected chi connectivity index (χ2v) is 6.26. The van der Waals surface area contributed by atoms with E-state index in [1.54, 1.807) is 6.92 Å². The maximum Gasteiger partial charge on any atom is 0.265 e. The number of nitrogens with one attached hydrogen (secondary N) is 1. The molecule has 23 heavy (non-hydrogen) atoms. The lowest BCUT2D eigenvalue weighted by Gasteiger charge is -2.19. The minimum Gasteiger partial charge on any atom is -0.481 e. The number of rotatable bonds is 5. The Hall–Kier alpha value is -2.29. The fourth-order valence-electron chi connectivity index (χ4n) is 2.41. The summed E-state index contributed by atoms with van der Waals surface area (Å²) in [7, 11) is 0. The summed E-state index contributed by atoms with van der Waals surface area (Å²) in [4.78, 5) is 12.4. The summed E-state index contributed by atoms with van der Waals surface area (Å²) in [6, 6.07) is 13.9. The normalized spacial score (nSPS) is 12.1. The number of benzene rings is 2. The van der Waals surface area contributed by atoms with Crippen molar-refractivity contribution < 1.29 is 9.53 Å². The standard InChI is InChI=1S/C20H25NO2/c1-13(2)17-8-6-7-9-19(17)23-16(5)20(22)21-18-12-14(3)10-11-15(18)4/h6-13,16H,1-5H3,(H,21,22). The predicted molar refractivity (Wildman–Crippen MR) is 95.2 cm³/mol. The Labute approximate surface area is 138 Å². The summed E-state index contributed by atoms with van der Waals surface area (Å²) in [6.45, 7) is 9.99. The van der Waals surface area contributed by atoms with Gasteiger partial charge in [0.25, 0.3) is 5.91 Å². The Morgan fingerprint density at radius 3 is 2.43 bits per heavy atom. The van der Waals surface area contributed by atoms with E-state index in [9.17, 15) is 4.79 Å². The third kappa shape index (κ3) is 4.35. The molecular weight excluding hydrogens is 286 g/mol. The van der Waals surface area contributed by atoms with E-state index in [4.69, 9.17) is 4.74 Å². The third-order valence-corrected chi connectivity index (χ3v) is 3.86. The zero-order valence-corrected chi connectivity index (χ0v) is 14.5. The topological polar surface area (TPSA) is 38.3 Å². The van der Waals surface area contributed by atoms with E-state index in [1.807, 2.05) is 56.3 Å². The summed E-state index contributed by atoms with van der Waals surface area (Å²) in [5.41, 5.74) is 4.10. The lowest BCUT2D eigenvalue weighted by molar-refractivity contribution is -0.122. The van der Waals surface area contributed by atoms with Crippen molar-refractivity contribution in [3.8, 4) is 5.75 Å². The number of hydrogen-bond donors (Lipinski definition) is 1. The second-order valence-electron chi connectivity index (χ2n) is 6.26. The maximum atomic E-state index is 12.4. The molecule has 2 aromatic carbocycles. The molecule has 122 valence electrons. The molecule has 0 aromatic heterocycles. The number of para-hydroxylation sites is 1. The number of anilines is 1. The molecule has 3 nitrogen and oxygen atoms in total. The molecule has 0 heterocycles. The molecule has 0 saturated heterocycles.